The maximum Gasteiger partial charge on any atom is 0.251 e. The summed E-state index contributed by atoms with van der Waals surface area (Å²) >= 11 is 0. The largest absolute Gasteiger partial charge is 0.396 e. The van der Waals surface area contributed by atoms with Crippen molar-refractivity contribution in [1.82, 2.24) is 5.32 Å². The molecule has 3 nitrogen and oxygen atoms in total. The highest BCUT2D eigenvalue weighted by Crippen LogP contribution is 2.09. The fourth-order valence-corrected chi connectivity index (χ4v) is 1.63. The number of carbonyl (C=O) groups is 1. The summed E-state index contributed by atoms with van der Waals surface area (Å²) in [5, 5.41) is 11.4. The topological polar surface area (TPSA) is 49.3 Å². The van der Waals surface area contributed by atoms with E-state index in [0.717, 1.165) is 25.7 Å². The first-order valence-electron chi connectivity index (χ1n) is 6.30. The molecule has 0 aromatic heterocycles. The Hall–Kier alpha value is -1.42. The van der Waals surface area contributed by atoms with Gasteiger partial charge in [-0.1, -0.05) is 18.9 Å². The van der Waals surface area contributed by atoms with E-state index >= 15 is 0 Å². The van der Waals surface area contributed by atoms with E-state index in [2.05, 4.69) is 5.32 Å². The first-order chi connectivity index (χ1) is 8.65. The SMILES string of the molecule is Cc1ccc(C(=O)NCCCCCCO)cc1F. The number of aryl methyl sites for hydroxylation is 1. The van der Waals surface area contributed by atoms with Crippen molar-refractivity contribution >= 4 is 5.91 Å². The summed E-state index contributed by atoms with van der Waals surface area (Å²) in [4.78, 5) is 11.7. The van der Waals surface area contributed by atoms with Crippen LogP contribution in [-0.2, 0) is 0 Å². The number of hydrogen-bond acceptors (Lipinski definition) is 2. The molecule has 0 aliphatic carbocycles. The van der Waals surface area contributed by atoms with E-state index in [4.69, 9.17) is 5.11 Å². The van der Waals surface area contributed by atoms with Crippen LogP contribution in [0.25, 0.3) is 0 Å². The molecule has 0 fully saturated rings. The second-order valence-corrected chi connectivity index (χ2v) is 4.36. The zero-order valence-corrected chi connectivity index (χ0v) is 10.7. The minimum atomic E-state index is -0.356. The molecule has 1 amide bonds. The number of benzene rings is 1. The Kier molecular flexibility index (Phi) is 6.36. The van der Waals surface area contributed by atoms with E-state index in [-0.39, 0.29) is 18.3 Å². The van der Waals surface area contributed by atoms with Crippen LogP contribution in [0.2, 0.25) is 0 Å². The molecule has 0 heterocycles. The molecule has 0 aliphatic rings. The van der Waals surface area contributed by atoms with Crippen LogP contribution in [0.15, 0.2) is 18.2 Å². The van der Waals surface area contributed by atoms with Gasteiger partial charge in [0.05, 0.1) is 0 Å². The van der Waals surface area contributed by atoms with E-state index < -0.39 is 0 Å². The highest BCUT2D eigenvalue weighted by atomic mass is 19.1. The number of carbonyl (C=O) groups excluding carboxylic acids is 1. The van der Waals surface area contributed by atoms with Crippen molar-refractivity contribution in [3.05, 3.63) is 35.1 Å². The standard InChI is InChI=1S/C14H20FNO2/c1-11-6-7-12(10-13(11)15)14(18)16-8-4-2-3-5-9-17/h6-7,10,17H,2-5,8-9H2,1H3,(H,16,18). The van der Waals surface area contributed by atoms with Crippen LogP contribution < -0.4 is 5.32 Å². The van der Waals surface area contributed by atoms with Crippen molar-refractivity contribution < 1.29 is 14.3 Å². The molecule has 0 saturated heterocycles. The minimum absolute atomic E-state index is 0.217. The van der Waals surface area contributed by atoms with E-state index in [1.54, 1.807) is 19.1 Å². The first kappa shape index (κ1) is 14.6. The fraction of sp³-hybridized carbons (Fsp3) is 0.500. The summed E-state index contributed by atoms with van der Waals surface area (Å²) in [6, 6.07) is 4.49. The number of hydrogen-bond donors (Lipinski definition) is 2. The van der Waals surface area contributed by atoms with Gasteiger partial charge in [0, 0.05) is 18.7 Å². The first-order valence-corrected chi connectivity index (χ1v) is 6.30. The van der Waals surface area contributed by atoms with Crippen molar-refractivity contribution in [1.29, 1.82) is 0 Å². The second kappa shape index (κ2) is 7.82. The van der Waals surface area contributed by atoms with Gasteiger partial charge in [0.25, 0.3) is 5.91 Å². The second-order valence-electron chi connectivity index (χ2n) is 4.36. The third kappa shape index (κ3) is 4.84. The number of rotatable bonds is 7. The van der Waals surface area contributed by atoms with Crippen LogP contribution in [0.4, 0.5) is 4.39 Å². The molecule has 0 radical (unpaired) electrons. The predicted octanol–water partition coefficient (Wildman–Crippen LogP) is 2.42. The number of unbranched alkanes of at least 4 members (excludes halogenated alkanes) is 3. The maximum absolute atomic E-state index is 13.3. The van der Waals surface area contributed by atoms with Crippen molar-refractivity contribution in [2.24, 2.45) is 0 Å². The Morgan fingerprint density at radius 1 is 1.28 bits per heavy atom. The van der Waals surface area contributed by atoms with Gasteiger partial charge in [0.2, 0.25) is 0 Å². The predicted molar refractivity (Wildman–Crippen MR) is 69.0 cm³/mol. The summed E-state index contributed by atoms with van der Waals surface area (Å²) in [6.07, 6.45) is 3.62. The minimum Gasteiger partial charge on any atom is -0.396 e. The third-order valence-electron chi connectivity index (χ3n) is 2.80. The molecule has 0 atom stereocenters. The number of amides is 1. The molecule has 0 spiro atoms. The lowest BCUT2D eigenvalue weighted by Crippen LogP contribution is -2.24. The van der Waals surface area contributed by atoms with Crippen LogP contribution in [0.1, 0.15) is 41.6 Å². The van der Waals surface area contributed by atoms with Crippen molar-refractivity contribution in [2.75, 3.05) is 13.2 Å². The molecule has 18 heavy (non-hydrogen) atoms. The van der Waals surface area contributed by atoms with Gasteiger partial charge in [-0.2, -0.15) is 0 Å². The van der Waals surface area contributed by atoms with Crippen LogP contribution in [0.5, 0.6) is 0 Å². The van der Waals surface area contributed by atoms with Gasteiger partial charge in [-0.15, -0.1) is 0 Å². The smallest absolute Gasteiger partial charge is 0.251 e. The number of aliphatic hydroxyl groups excluding tert-OH is 1. The molecule has 100 valence electrons. The molecule has 1 aromatic rings. The van der Waals surface area contributed by atoms with Crippen molar-refractivity contribution in [3.8, 4) is 0 Å². The Morgan fingerprint density at radius 3 is 2.67 bits per heavy atom. The van der Waals surface area contributed by atoms with Gasteiger partial charge in [-0.3, -0.25) is 4.79 Å². The molecule has 1 aromatic carbocycles. The lowest BCUT2D eigenvalue weighted by Gasteiger charge is -2.06. The highest BCUT2D eigenvalue weighted by molar-refractivity contribution is 5.94. The van der Waals surface area contributed by atoms with E-state index in [0.29, 0.717) is 17.7 Å². The van der Waals surface area contributed by atoms with Crippen LogP contribution in [0.3, 0.4) is 0 Å². The summed E-state index contributed by atoms with van der Waals surface area (Å²) < 4.78 is 13.3. The van der Waals surface area contributed by atoms with E-state index in [1.165, 1.54) is 6.07 Å². The fourth-order valence-electron chi connectivity index (χ4n) is 1.63. The molecule has 0 aliphatic heterocycles. The van der Waals surface area contributed by atoms with E-state index in [9.17, 15) is 9.18 Å². The Balaban J connectivity index is 2.30. The Morgan fingerprint density at radius 2 is 2.00 bits per heavy atom. The number of halogens is 1. The molecule has 1 rings (SSSR count). The number of nitrogens with one attached hydrogen (secondary N) is 1. The maximum atomic E-state index is 13.3. The molecule has 0 unspecified atom stereocenters. The molecule has 4 heteroatoms. The molecule has 0 bridgehead atoms. The average molecular weight is 253 g/mol. The summed E-state index contributed by atoms with van der Waals surface area (Å²) in [6.45, 7) is 2.47. The normalized spacial score (nSPS) is 10.4. The highest BCUT2D eigenvalue weighted by Gasteiger charge is 2.07. The van der Waals surface area contributed by atoms with Crippen LogP contribution in [-0.4, -0.2) is 24.2 Å². The van der Waals surface area contributed by atoms with Crippen LogP contribution >= 0.6 is 0 Å². The van der Waals surface area contributed by atoms with Crippen LogP contribution in [0, 0.1) is 12.7 Å². The summed E-state index contributed by atoms with van der Waals surface area (Å²) in [5.74, 6) is -0.596. The lowest BCUT2D eigenvalue weighted by atomic mass is 10.1. The van der Waals surface area contributed by atoms with Gasteiger partial charge in [-0.05, 0) is 37.5 Å². The molecule has 0 saturated carbocycles. The van der Waals surface area contributed by atoms with Gasteiger partial charge in [0.1, 0.15) is 5.82 Å². The Labute approximate surface area is 107 Å². The zero-order chi connectivity index (χ0) is 13.4. The van der Waals surface area contributed by atoms with Gasteiger partial charge < -0.3 is 10.4 Å². The van der Waals surface area contributed by atoms with Crippen molar-refractivity contribution in [2.45, 2.75) is 32.6 Å². The third-order valence-corrected chi connectivity index (χ3v) is 2.80. The van der Waals surface area contributed by atoms with Gasteiger partial charge >= 0.3 is 0 Å². The average Bonchev–Trinajstić information content (AvgIpc) is 2.36. The van der Waals surface area contributed by atoms with Gasteiger partial charge in [-0.25, -0.2) is 4.39 Å². The monoisotopic (exact) mass is 253 g/mol. The summed E-state index contributed by atoms with van der Waals surface area (Å²) in [7, 11) is 0. The molecular weight excluding hydrogens is 233 g/mol. The zero-order valence-electron chi connectivity index (χ0n) is 10.7. The molecule has 2 N–H and O–H groups in total. The quantitative estimate of drug-likeness (QED) is 0.733. The lowest BCUT2D eigenvalue weighted by molar-refractivity contribution is 0.0952. The van der Waals surface area contributed by atoms with Crippen molar-refractivity contribution in [3.63, 3.8) is 0 Å². The van der Waals surface area contributed by atoms with E-state index in [1.807, 2.05) is 0 Å². The Bertz CT molecular complexity index is 393. The number of aliphatic hydroxyl groups is 1. The molecular formula is C14H20FNO2. The van der Waals surface area contributed by atoms with Gasteiger partial charge in [0.15, 0.2) is 0 Å². The summed E-state index contributed by atoms with van der Waals surface area (Å²) in [5.41, 5.74) is 0.893.